The van der Waals surface area contributed by atoms with Gasteiger partial charge in [0, 0.05) is 35.4 Å². The summed E-state index contributed by atoms with van der Waals surface area (Å²) >= 11 is 12.2. The Balaban J connectivity index is 1.58. The number of halogens is 2. The Morgan fingerprint density at radius 1 is 1.09 bits per heavy atom. The van der Waals surface area contributed by atoms with E-state index in [1.807, 2.05) is 30.3 Å². The lowest BCUT2D eigenvalue weighted by molar-refractivity contribution is -0.121. The number of hydrogen-bond donors (Lipinski definition) is 1. The molecule has 0 unspecified atom stereocenters. The highest BCUT2D eigenvalue weighted by Crippen LogP contribution is 2.28. The highest BCUT2D eigenvalue weighted by Gasteiger charge is 2.16. The fourth-order valence-corrected chi connectivity index (χ4v) is 4.00. The molecule has 9 heteroatoms. The summed E-state index contributed by atoms with van der Waals surface area (Å²) in [6, 6.07) is 14.4. The molecule has 1 N–H and O–H groups in total. The zero-order valence-corrected chi connectivity index (χ0v) is 18.9. The van der Waals surface area contributed by atoms with Gasteiger partial charge in [-0.25, -0.2) is 9.78 Å². The van der Waals surface area contributed by atoms with Crippen LogP contribution in [0.4, 0.5) is 0 Å². The lowest BCUT2D eigenvalue weighted by atomic mass is 10.1. The van der Waals surface area contributed by atoms with Crippen LogP contribution in [0.1, 0.15) is 5.56 Å². The van der Waals surface area contributed by atoms with Gasteiger partial charge in [0.2, 0.25) is 5.91 Å². The molecule has 0 aliphatic rings. The minimum atomic E-state index is -0.328. The Kier molecular flexibility index (Phi) is 6.21. The van der Waals surface area contributed by atoms with E-state index in [1.54, 1.807) is 38.6 Å². The summed E-state index contributed by atoms with van der Waals surface area (Å²) in [5.41, 5.74) is 3.14. The van der Waals surface area contributed by atoms with Crippen LogP contribution in [0, 0.1) is 0 Å². The number of amides is 1. The predicted molar refractivity (Wildman–Crippen MR) is 125 cm³/mol. The second-order valence-electron chi connectivity index (χ2n) is 7.28. The summed E-state index contributed by atoms with van der Waals surface area (Å²) in [6.45, 7) is 0.179. The molecule has 2 heterocycles. The normalized spacial score (nSPS) is 11.0. The van der Waals surface area contributed by atoms with Gasteiger partial charge in [0.05, 0.1) is 12.6 Å². The molecule has 0 spiro atoms. The SMILES string of the molecule is COc1cccc(CNC(=O)Cn2c(=O)n(C)c3cc(-c4cc(Cl)cc(Cl)c4)cnc32)c1. The average molecular weight is 471 g/mol. The van der Waals surface area contributed by atoms with Crippen molar-refractivity contribution < 1.29 is 9.53 Å². The van der Waals surface area contributed by atoms with Crippen LogP contribution in [0.3, 0.4) is 0 Å². The number of ether oxygens (including phenoxy) is 1. The minimum Gasteiger partial charge on any atom is -0.497 e. The molecule has 4 aromatic rings. The van der Waals surface area contributed by atoms with Crippen LogP contribution in [-0.4, -0.2) is 27.1 Å². The molecule has 0 fully saturated rings. The molecule has 7 nitrogen and oxygen atoms in total. The summed E-state index contributed by atoms with van der Waals surface area (Å²) < 4.78 is 8.01. The van der Waals surface area contributed by atoms with Gasteiger partial charge in [0.1, 0.15) is 12.3 Å². The number of fused-ring (bicyclic) bond motifs is 1. The largest absolute Gasteiger partial charge is 0.497 e. The van der Waals surface area contributed by atoms with E-state index in [-0.39, 0.29) is 18.1 Å². The number of aryl methyl sites for hydroxylation is 1. The zero-order valence-electron chi connectivity index (χ0n) is 17.4. The molecule has 2 aromatic carbocycles. The molecule has 0 radical (unpaired) electrons. The molecule has 0 aliphatic heterocycles. The van der Waals surface area contributed by atoms with Crippen LogP contribution in [-0.2, 0) is 24.9 Å². The van der Waals surface area contributed by atoms with Crippen molar-refractivity contribution in [3.8, 4) is 16.9 Å². The standard InChI is InChI=1S/C23H20Cl2N4O3/c1-28-20-9-16(15-7-17(24)10-18(25)8-15)12-27-22(20)29(23(28)31)13-21(30)26-11-14-4-3-5-19(6-14)32-2/h3-10,12H,11,13H2,1-2H3,(H,26,30). The Bertz CT molecular complexity index is 1360. The van der Waals surface area contributed by atoms with E-state index in [4.69, 9.17) is 27.9 Å². The van der Waals surface area contributed by atoms with Crippen LogP contribution in [0.5, 0.6) is 5.75 Å². The maximum atomic E-state index is 12.8. The number of carbonyl (C=O) groups is 1. The first-order valence-corrected chi connectivity index (χ1v) is 10.5. The fraction of sp³-hybridized carbons (Fsp3) is 0.174. The molecule has 1 amide bonds. The lowest BCUT2D eigenvalue weighted by Gasteiger charge is -2.08. The summed E-state index contributed by atoms with van der Waals surface area (Å²) in [4.78, 5) is 29.8. The molecular formula is C23H20Cl2N4O3. The monoisotopic (exact) mass is 470 g/mol. The smallest absolute Gasteiger partial charge is 0.330 e. The molecule has 4 rings (SSSR count). The van der Waals surface area contributed by atoms with Crippen LogP contribution >= 0.6 is 23.2 Å². The highest BCUT2D eigenvalue weighted by molar-refractivity contribution is 6.35. The predicted octanol–water partition coefficient (Wildman–Crippen LogP) is 4.03. The quantitative estimate of drug-likeness (QED) is 0.461. The Hall–Kier alpha value is -3.29. The van der Waals surface area contributed by atoms with Gasteiger partial charge in [-0.05, 0) is 47.5 Å². The number of nitrogens with zero attached hydrogens (tertiary/aromatic N) is 3. The van der Waals surface area contributed by atoms with Gasteiger partial charge in [-0.2, -0.15) is 0 Å². The van der Waals surface area contributed by atoms with Crippen molar-refractivity contribution in [3.05, 3.63) is 80.8 Å². The van der Waals surface area contributed by atoms with Crippen molar-refractivity contribution in [2.24, 2.45) is 7.05 Å². The molecule has 164 valence electrons. The number of carbonyl (C=O) groups excluding carboxylic acids is 1. The summed E-state index contributed by atoms with van der Waals surface area (Å²) in [6.07, 6.45) is 1.63. The van der Waals surface area contributed by atoms with Crippen molar-refractivity contribution in [1.29, 1.82) is 0 Å². The topological polar surface area (TPSA) is 78.1 Å². The van der Waals surface area contributed by atoms with Crippen molar-refractivity contribution in [2.75, 3.05) is 7.11 Å². The van der Waals surface area contributed by atoms with Gasteiger partial charge < -0.3 is 10.1 Å². The number of methoxy groups -OCH3 is 1. The van der Waals surface area contributed by atoms with Crippen molar-refractivity contribution in [1.82, 2.24) is 19.4 Å². The molecular weight excluding hydrogens is 451 g/mol. The van der Waals surface area contributed by atoms with Crippen molar-refractivity contribution in [2.45, 2.75) is 13.1 Å². The Labute approximate surface area is 194 Å². The van der Waals surface area contributed by atoms with E-state index >= 15 is 0 Å². The number of pyridine rings is 1. The first kappa shape index (κ1) is 21.9. The summed E-state index contributed by atoms with van der Waals surface area (Å²) in [7, 11) is 3.23. The number of nitrogens with one attached hydrogen (secondary N) is 1. The van der Waals surface area contributed by atoms with E-state index < -0.39 is 0 Å². The number of imidazole rings is 1. The second-order valence-corrected chi connectivity index (χ2v) is 8.15. The molecule has 0 saturated heterocycles. The molecule has 0 saturated carbocycles. The van der Waals surface area contributed by atoms with Crippen LogP contribution in [0.25, 0.3) is 22.3 Å². The molecule has 0 aliphatic carbocycles. The Morgan fingerprint density at radius 3 is 2.56 bits per heavy atom. The highest BCUT2D eigenvalue weighted by atomic mass is 35.5. The first-order chi connectivity index (χ1) is 15.4. The maximum absolute atomic E-state index is 12.8. The number of benzene rings is 2. The van der Waals surface area contributed by atoms with E-state index in [9.17, 15) is 9.59 Å². The second kappa shape index (κ2) is 9.06. The number of rotatable bonds is 6. The van der Waals surface area contributed by atoms with Crippen LogP contribution in [0.15, 0.2) is 59.5 Å². The van der Waals surface area contributed by atoms with E-state index in [0.717, 1.165) is 16.7 Å². The van der Waals surface area contributed by atoms with Crippen LogP contribution < -0.4 is 15.7 Å². The molecule has 2 aromatic heterocycles. The fourth-order valence-electron chi connectivity index (χ4n) is 3.48. The number of hydrogen-bond acceptors (Lipinski definition) is 4. The lowest BCUT2D eigenvalue weighted by Crippen LogP contribution is -2.32. The minimum absolute atomic E-state index is 0.143. The van der Waals surface area contributed by atoms with Gasteiger partial charge >= 0.3 is 5.69 Å². The van der Waals surface area contributed by atoms with Crippen molar-refractivity contribution >= 4 is 40.3 Å². The first-order valence-electron chi connectivity index (χ1n) is 9.77. The average Bonchev–Trinajstić information content (AvgIpc) is 3.01. The van der Waals surface area contributed by atoms with Gasteiger partial charge in [-0.1, -0.05) is 35.3 Å². The van der Waals surface area contributed by atoms with Gasteiger partial charge in [0.15, 0.2) is 5.65 Å². The Morgan fingerprint density at radius 2 is 1.84 bits per heavy atom. The third-order valence-electron chi connectivity index (χ3n) is 5.10. The third-order valence-corrected chi connectivity index (χ3v) is 5.54. The number of aromatic nitrogens is 3. The van der Waals surface area contributed by atoms with Gasteiger partial charge in [0.25, 0.3) is 0 Å². The van der Waals surface area contributed by atoms with Gasteiger partial charge in [-0.3, -0.25) is 13.9 Å². The molecule has 0 atom stereocenters. The van der Waals surface area contributed by atoms with E-state index in [2.05, 4.69) is 10.3 Å². The molecule has 0 bridgehead atoms. The summed E-state index contributed by atoms with van der Waals surface area (Å²) in [5, 5.41) is 3.84. The van der Waals surface area contributed by atoms with Crippen molar-refractivity contribution in [3.63, 3.8) is 0 Å². The third kappa shape index (κ3) is 4.49. The van der Waals surface area contributed by atoms with E-state index in [0.29, 0.717) is 33.5 Å². The molecule has 32 heavy (non-hydrogen) atoms. The summed E-state index contributed by atoms with van der Waals surface area (Å²) in [5.74, 6) is 0.415. The van der Waals surface area contributed by atoms with E-state index in [1.165, 1.54) is 9.13 Å². The van der Waals surface area contributed by atoms with Crippen LogP contribution in [0.2, 0.25) is 10.0 Å². The maximum Gasteiger partial charge on any atom is 0.330 e. The zero-order chi connectivity index (χ0) is 22.8. The van der Waals surface area contributed by atoms with Gasteiger partial charge in [-0.15, -0.1) is 0 Å².